The summed E-state index contributed by atoms with van der Waals surface area (Å²) in [4.78, 5) is 18.5. The minimum atomic E-state index is -0.386. The highest BCUT2D eigenvalue weighted by Gasteiger charge is 2.02. The number of imidazole rings is 1. The standard InChI is InChI=1S/C14H17N3O2/c18-14(19-11-12-5-2-1-3-6-12)17-8-4-7-13-15-9-10-16-13/h1-3,5-6,9-10H,4,7-8,11H2,(H,15,16)(H,17,18). The van der Waals surface area contributed by atoms with Crippen LogP contribution < -0.4 is 5.32 Å². The number of carbonyl (C=O) groups is 1. The monoisotopic (exact) mass is 259 g/mol. The maximum atomic E-state index is 11.4. The van der Waals surface area contributed by atoms with E-state index in [-0.39, 0.29) is 6.09 Å². The highest BCUT2D eigenvalue weighted by atomic mass is 16.5. The van der Waals surface area contributed by atoms with Gasteiger partial charge in [0.25, 0.3) is 0 Å². The zero-order chi connectivity index (χ0) is 13.3. The number of carbonyl (C=O) groups excluding carboxylic acids is 1. The van der Waals surface area contributed by atoms with Gasteiger partial charge in [-0.05, 0) is 12.0 Å². The number of ether oxygens (including phenoxy) is 1. The first-order chi connectivity index (χ1) is 9.34. The second-order valence-corrected chi connectivity index (χ2v) is 4.13. The van der Waals surface area contributed by atoms with Gasteiger partial charge in [0.05, 0.1) is 0 Å². The van der Waals surface area contributed by atoms with Gasteiger partial charge in [0, 0.05) is 25.4 Å². The molecule has 0 aliphatic rings. The van der Waals surface area contributed by atoms with Gasteiger partial charge in [-0.25, -0.2) is 9.78 Å². The van der Waals surface area contributed by atoms with Crippen LogP contribution in [-0.4, -0.2) is 22.6 Å². The molecule has 0 unspecified atom stereocenters. The SMILES string of the molecule is O=C(NCCCc1ncc[nH]1)OCc1ccccc1. The van der Waals surface area contributed by atoms with Crippen molar-refractivity contribution in [2.75, 3.05) is 6.54 Å². The fourth-order valence-corrected chi connectivity index (χ4v) is 1.66. The maximum absolute atomic E-state index is 11.4. The van der Waals surface area contributed by atoms with Crippen molar-refractivity contribution >= 4 is 6.09 Å². The Morgan fingerprint density at radius 2 is 2.16 bits per heavy atom. The van der Waals surface area contributed by atoms with E-state index in [1.807, 2.05) is 30.3 Å². The summed E-state index contributed by atoms with van der Waals surface area (Å²) >= 11 is 0. The molecule has 0 bridgehead atoms. The molecule has 2 aromatic rings. The van der Waals surface area contributed by atoms with Gasteiger partial charge in [0.1, 0.15) is 12.4 Å². The molecule has 0 saturated heterocycles. The van der Waals surface area contributed by atoms with Crippen LogP contribution in [0.1, 0.15) is 17.8 Å². The van der Waals surface area contributed by atoms with Crippen LogP contribution in [0.3, 0.4) is 0 Å². The predicted molar refractivity (Wildman–Crippen MR) is 71.5 cm³/mol. The molecular weight excluding hydrogens is 242 g/mol. The van der Waals surface area contributed by atoms with Crippen molar-refractivity contribution < 1.29 is 9.53 Å². The number of nitrogens with zero attached hydrogens (tertiary/aromatic N) is 1. The van der Waals surface area contributed by atoms with Crippen LogP contribution in [0.15, 0.2) is 42.7 Å². The third kappa shape index (κ3) is 4.83. The van der Waals surface area contributed by atoms with Gasteiger partial charge in [-0.15, -0.1) is 0 Å². The van der Waals surface area contributed by atoms with Gasteiger partial charge in [-0.1, -0.05) is 30.3 Å². The smallest absolute Gasteiger partial charge is 0.407 e. The first kappa shape index (κ1) is 13.1. The van der Waals surface area contributed by atoms with Crippen molar-refractivity contribution in [3.63, 3.8) is 0 Å². The van der Waals surface area contributed by atoms with Crippen LogP contribution in [0, 0.1) is 0 Å². The lowest BCUT2D eigenvalue weighted by Gasteiger charge is -2.06. The maximum Gasteiger partial charge on any atom is 0.407 e. The molecule has 5 nitrogen and oxygen atoms in total. The van der Waals surface area contributed by atoms with Crippen LogP contribution >= 0.6 is 0 Å². The van der Waals surface area contributed by atoms with Gasteiger partial charge >= 0.3 is 6.09 Å². The predicted octanol–water partition coefficient (Wildman–Crippen LogP) is 2.27. The number of hydrogen-bond acceptors (Lipinski definition) is 3. The molecular formula is C14H17N3O2. The molecule has 0 aliphatic heterocycles. The summed E-state index contributed by atoms with van der Waals surface area (Å²) in [6, 6.07) is 9.60. The van der Waals surface area contributed by atoms with Crippen LogP contribution in [0.25, 0.3) is 0 Å². The molecule has 1 aromatic heterocycles. The summed E-state index contributed by atoms with van der Waals surface area (Å²) < 4.78 is 5.09. The molecule has 0 spiro atoms. The Kier molecular flexibility index (Phi) is 4.98. The Morgan fingerprint density at radius 3 is 2.89 bits per heavy atom. The van der Waals surface area contributed by atoms with E-state index in [2.05, 4.69) is 15.3 Å². The van der Waals surface area contributed by atoms with E-state index in [9.17, 15) is 4.79 Å². The molecule has 1 heterocycles. The summed E-state index contributed by atoms with van der Waals surface area (Å²) in [6.45, 7) is 0.874. The van der Waals surface area contributed by atoms with E-state index in [4.69, 9.17) is 4.74 Å². The lowest BCUT2D eigenvalue weighted by atomic mass is 10.2. The Hall–Kier alpha value is -2.30. The number of aromatic nitrogens is 2. The molecule has 2 N–H and O–H groups in total. The van der Waals surface area contributed by atoms with E-state index in [1.54, 1.807) is 12.4 Å². The average molecular weight is 259 g/mol. The molecule has 19 heavy (non-hydrogen) atoms. The lowest BCUT2D eigenvalue weighted by Crippen LogP contribution is -2.25. The van der Waals surface area contributed by atoms with Crippen LogP contribution in [0.5, 0.6) is 0 Å². The molecule has 1 aromatic carbocycles. The quantitative estimate of drug-likeness (QED) is 0.782. The van der Waals surface area contributed by atoms with Crippen molar-refractivity contribution in [2.24, 2.45) is 0 Å². The summed E-state index contributed by atoms with van der Waals surface area (Å²) in [6.07, 6.45) is 4.76. The van der Waals surface area contributed by atoms with Gasteiger partial charge < -0.3 is 15.0 Å². The minimum Gasteiger partial charge on any atom is -0.445 e. The third-order valence-corrected chi connectivity index (χ3v) is 2.63. The topological polar surface area (TPSA) is 67.0 Å². The first-order valence-electron chi connectivity index (χ1n) is 6.27. The van der Waals surface area contributed by atoms with Crippen molar-refractivity contribution in [1.29, 1.82) is 0 Å². The Morgan fingerprint density at radius 1 is 1.32 bits per heavy atom. The average Bonchev–Trinajstić information content (AvgIpc) is 2.96. The minimum absolute atomic E-state index is 0.296. The number of alkyl carbamates (subject to hydrolysis) is 1. The second kappa shape index (κ2) is 7.20. The number of amides is 1. The molecule has 0 fully saturated rings. The summed E-state index contributed by atoms with van der Waals surface area (Å²) in [5.41, 5.74) is 0.980. The summed E-state index contributed by atoms with van der Waals surface area (Å²) in [5, 5.41) is 2.71. The van der Waals surface area contributed by atoms with Gasteiger partial charge in [-0.2, -0.15) is 0 Å². The summed E-state index contributed by atoms with van der Waals surface area (Å²) in [7, 11) is 0. The molecule has 2 rings (SSSR count). The Bertz CT molecular complexity index is 483. The zero-order valence-electron chi connectivity index (χ0n) is 10.6. The Labute approximate surface area is 112 Å². The van der Waals surface area contributed by atoms with Crippen molar-refractivity contribution in [2.45, 2.75) is 19.4 Å². The zero-order valence-corrected chi connectivity index (χ0v) is 10.6. The van der Waals surface area contributed by atoms with Crippen molar-refractivity contribution in [3.8, 4) is 0 Å². The van der Waals surface area contributed by atoms with Crippen LogP contribution in [0.2, 0.25) is 0 Å². The fourth-order valence-electron chi connectivity index (χ4n) is 1.66. The molecule has 1 amide bonds. The third-order valence-electron chi connectivity index (χ3n) is 2.63. The van der Waals surface area contributed by atoms with E-state index >= 15 is 0 Å². The highest BCUT2D eigenvalue weighted by Crippen LogP contribution is 2.00. The van der Waals surface area contributed by atoms with Crippen LogP contribution in [0.4, 0.5) is 4.79 Å². The molecule has 0 saturated carbocycles. The fraction of sp³-hybridized carbons (Fsp3) is 0.286. The van der Waals surface area contributed by atoms with Gasteiger partial charge in [-0.3, -0.25) is 0 Å². The number of H-pyrrole nitrogens is 1. The van der Waals surface area contributed by atoms with Gasteiger partial charge in [0.15, 0.2) is 0 Å². The molecule has 5 heteroatoms. The second-order valence-electron chi connectivity index (χ2n) is 4.13. The molecule has 0 atom stereocenters. The van der Waals surface area contributed by atoms with Crippen molar-refractivity contribution in [3.05, 3.63) is 54.1 Å². The number of hydrogen-bond donors (Lipinski definition) is 2. The summed E-state index contributed by atoms with van der Waals surface area (Å²) in [5.74, 6) is 0.930. The molecule has 100 valence electrons. The largest absolute Gasteiger partial charge is 0.445 e. The van der Waals surface area contributed by atoms with Gasteiger partial charge in [0.2, 0.25) is 0 Å². The number of nitrogens with one attached hydrogen (secondary N) is 2. The first-order valence-corrected chi connectivity index (χ1v) is 6.27. The highest BCUT2D eigenvalue weighted by molar-refractivity contribution is 5.67. The van der Waals surface area contributed by atoms with E-state index < -0.39 is 0 Å². The van der Waals surface area contributed by atoms with E-state index in [0.29, 0.717) is 13.2 Å². The van der Waals surface area contributed by atoms with Crippen molar-refractivity contribution in [1.82, 2.24) is 15.3 Å². The molecule has 0 radical (unpaired) electrons. The normalized spacial score (nSPS) is 10.1. The number of rotatable bonds is 6. The lowest BCUT2D eigenvalue weighted by molar-refractivity contribution is 0.139. The molecule has 0 aliphatic carbocycles. The van der Waals surface area contributed by atoms with Crippen LogP contribution in [-0.2, 0) is 17.8 Å². The van der Waals surface area contributed by atoms with E-state index in [0.717, 1.165) is 24.2 Å². The number of aromatic amines is 1. The van der Waals surface area contributed by atoms with E-state index in [1.165, 1.54) is 0 Å². The Balaban J connectivity index is 1.57. The number of aryl methyl sites for hydroxylation is 1. The number of benzene rings is 1.